The van der Waals surface area contributed by atoms with E-state index in [0.717, 1.165) is 0 Å². The second-order valence-electron chi connectivity index (χ2n) is 4.63. The van der Waals surface area contributed by atoms with Gasteiger partial charge in [0.15, 0.2) is 0 Å². The number of nitrogens with zero attached hydrogens (tertiary/aromatic N) is 1. The van der Waals surface area contributed by atoms with Crippen LogP contribution in [0.5, 0.6) is 5.75 Å². The maximum Gasteiger partial charge on any atom is 0.222 e. The molecule has 3 rings (SSSR count). The largest absolute Gasteiger partial charge is 0.491 e. The smallest absolute Gasteiger partial charge is 0.222 e. The second-order valence-corrected chi connectivity index (χ2v) is 5.49. The van der Waals surface area contributed by atoms with E-state index in [-0.39, 0.29) is 11.7 Å². The number of benzene rings is 1. The Morgan fingerprint density at radius 2 is 2.21 bits per heavy atom. The van der Waals surface area contributed by atoms with Crippen molar-refractivity contribution in [2.45, 2.75) is 12.8 Å². The fraction of sp³-hybridized carbons (Fsp3) is 0.308. The van der Waals surface area contributed by atoms with E-state index in [0.29, 0.717) is 34.0 Å². The Kier molecular flexibility index (Phi) is 3.18. The van der Waals surface area contributed by atoms with Crippen LogP contribution in [0.25, 0.3) is 11.3 Å². The van der Waals surface area contributed by atoms with Gasteiger partial charge in [-0.1, -0.05) is 5.16 Å². The van der Waals surface area contributed by atoms with Crippen LogP contribution in [0, 0.1) is 11.7 Å². The topological polar surface area (TPSA) is 61.3 Å². The van der Waals surface area contributed by atoms with E-state index < -0.39 is 0 Å². The van der Waals surface area contributed by atoms with E-state index in [1.165, 1.54) is 25.0 Å². The van der Waals surface area contributed by atoms with Crippen molar-refractivity contribution < 1.29 is 13.7 Å². The number of halogens is 2. The maximum absolute atomic E-state index is 13.5. The lowest BCUT2D eigenvalue weighted by Gasteiger charge is -2.11. The summed E-state index contributed by atoms with van der Waals surface area (Å²) in [7, 11) is 0. The lowest BCUT2D eigenvalue weighted by Crippen LogP contribution is -2.01. The summed E-state index contributed by atoms with van der Waals surface area (Å²) in [5, 5.41) is 3.80. The zero-order valence-electron chi connectivity index (χ0n) is 10.0. The highest BCUT2D eigenvalue weighted by molar-refractivity contribution is 9.10. The minimum Gasteiger partial charge on any atom is -0.491 e. The van der Waals surface area contributed by atoms with Gasteiger partial charge in [-0.3, -0.25) is 0 Å². The Balaban J connectivity index is 1.99. The number of ether oxygens (including phenoxy) is 1. The highest BCUT2D eigenvalue weighted by Crippen LogP contribution is 2.39. The van der Waals surface area contributed by atoms with E-state index in [2.05, 4.69) is 21.1 Å². The van der Waals surface area contributed by atoms with Crippen molar-refractivity contribution in [1.29, 1.82) is 0 Å². The van der Waals surface area contributed by atoms with Crippen LogP contribution in [0.1, 0.15) is 12.8 Å². The number of aromatic nitrogens is 1. The molecule has 100 valence electrons. The molecule has 2 aromatic rings. The molecule has 1 heterocycles. The van der Waals surface area contributed by atoms with Crippen LogP contribution in [0.2, 0.25) is 0 Å². The molecule has 6 heteroatoms. The third-order valence-corrected chi connectivity index (χ3v) is 3.56. The van der Waals surface area contributed by atoms with Crippen LogP contribution in [0.3, 0.4) is 0 Å². The number of nitrogen functional groups attached to an aromatic ring is 1. The van der Waals surface area contributed by atoms with Gasteiger partial charge in [0, 0.05) is 11.6 Å². The first-order valence-electron chi connectivity index (χ1n) is 5.98. The van der Waals surface area contributed by atoms with E-state index in [9.17, 15) is 4.39 Å². The molecule has 4 nitrogen and oxygen atoms in total. The molecule has 0 aliphatic heterocycles. The number of hydrogen-bond acceptors (Lipinski definition) is 4. The summed E-state index contributed by atoms with van der Waals surface area (Å²) in [6, 6.07) is 4.28. The number of hydrogen-bond donors (Lipinski definition) is 1. The van der Waals surface area contributed by atoms with Crippen LogP contribution in [-0.2, 0) is 0 Å². The van der Waals surface area contributed by atoms with Gasteiger partial charge in [-0.25, -0.2) is 4.39 Å². The molecule has 1 aliphatic rings. The standard InChI is InChI=1S/C13H12BrFN2O2/c14-10-4-8(15)3-9(11-5-12(16)19-17-11)13(10)18-6-7-1-2-7/h3-5,7H,1-2,6,16H2. The summed E-state index contributed by atoms with van der Waals surface area (Å²) in [4.78, 5) is 0. The highest BCUT2D eigenvalue weighted by atomic mass is 79.9. The monoisotopic (exact) mass is 326 g/mol. The molecule has 0 bridgehead atoms. The Bertz CT molecular complexity index is 611. The zero-order chi connectivity index (χ0) is 13.4. The molecule has 0 unspecified atom stereocenters. The van der Waals surface area contributed by atoms with Crippen molar-refractivity contribution in [3.05, 3.63) is 28.5 Å². The van der Waals surface area contributed by atoms with Crippen molar-refractivity contribution in [3.63, 3.8) is 0 Å². The summed E-state index contributed by atoms with van der Waals surface area (Å²) in [5.41, 5.74) is 6.50. The molecular weight excluding hydrogens is 315 g/mol. The zero-order valence-corrected chi connectivity index (χ0v) is 11.6. The molecule has 1 aromatic heterocycles. The molecule has 0 spiro atoms. The number of anilines is 1. The van der Waals surface area contributed by atoms with Crippen molar-refractivity contribution >= 4 is 21.8 Å². The van der Waals surface area contributed by atoms with Gasteiger partial charge in [0.2, 0.25) is 5.88 Å². The lowest BCUT2D eigenvalue weighted by atomic mass is 10.1. The molecule has 1 aromatic carbocycles. The van der Waals surface area contributed by atoms with E-state index in [4.69, 9.17) is 15.0 Å². The average Bonchev–Trinajstić information content (AvgIpc) is 3.08. The summed E-state index contributed by atoms with van der Waals surface area (Å²) < 4.78 is 24.7. The molecule has 19 heavy (non-hydrogen) atoms. The van der Waals surface area contributed by atoms with Gasteiger partial charge >= 0.3 is 0 Å². The first-order chi connectivity index (χ1) is 9.13. The molecule has 0 atom stereocenters. The van der Waals surface area contributed by atoms with Crippen LogP contribution in [0.4, 0.5) is 10.3 Å². The van der Waals surface area contributed by atoms with Crippen LogP contribution < -0.4 is 10.5 Å². The fourth-order valence-electron chi connectivity index (χ4n) is 1.80. The van der Waals surface area contributed by atoms with Gasteiger partial charge in [0.25, 0.3) is 0 Å². The van der Waals surface area contributed by atoms with E-state index >= 15 is 0 Å². The first kappa shape index (κ1) is 12.5. The van der Waals surface area contributed by atoms with Crippen molar-refractivity contribution in [3.8, 4) is 17.0 Å². The Hall–Kier alpha value is -1.56. The van der Waals surface area contributed by atoms with E-state index in [1.54, 1.807) is 6.07 Å². The van der Waals surface area contributed by atoms with Gasteiger partial charge in [0.1, 0.15) is 17.3 Å². The Morgan fingerprint density at radius 3 is 2.84 bits per heavy atom. The molecule has 1 aliphatic carbocycles. The summed E-state index contributed by atoms with van der Waals surface area (Å²) in [6.07, 6.45) is 2.37. The SMILES string of the molecule is Nc1cc(-c2cc(F)cc(Br)c2OCC2CC2)no1. The molecular formula is C13H12BrFN2O2. The maximum atomic E-state index is 13.5. The minimum atomic E-state index is -0.373. The van der Waals surface area contributed by atoms with Gasteiger partial charge in [-0.2, -0.15) is 0 Å². The number of rotatable bonds is 4. The first-order valence-corrected chi connectivity index (χ1v) is 6.77. The van der Waals surface area contributed by atoms with Crippen molar-refractivity contribution in [2.75, 3.05) is 12.3 Å². The molecule has 0 amide bonds. The number of nitrogens with two attached hydrogens (primary N) is 1. The normalized spacial score (nSPS) is 14.6. The molecule has 1 fully saturated rings. The molecule has 0 saturated heterocycles. The molecule has 0 radical (unpaired) electrons. The van der Waals surface area contributed by atoms with Gasteiger partial charge in [-0.05, 0) is 46.8 Å². The minimum absolute atomic E-state index is 0.184. The second kappa shape index (κ2) is 4.85. The third-order valence-electron chi connectivity index (χ3n) is 2.97. The lowest BCUT2D eigenvalue weighted by molar-refractivity contribution is 0.298. The summed E-state index contributed by atoms with van der Waals surface area (Å²) >= 11 is 3.32. The van der Waals surface area contributed by atoms with Crippen LogP contribution >= 0.6 is 15.9 Å². The highest BCUT2D eigenvalue weighted by Gasteiger charge is 2.24. The van der Waals surface area contributed by atoms with E-state index in [1.807, 2.05) is 0 Å². The van der Waals surface area contributed by atoms with Gasteiger partial charge < -0.3 is 15.0 Å². The molecule has 2 N–H and O–H groups in total. The molecule has 1 saturated carbocycles. The van der Waals surface area contributed by atoms with Gasteiger partial charge in [0.05, 0.1) is 11.1 Å². The Morgan fingerprint density at radius 1 is 1.42 bits per heavy atom. The average molecular weight is 327 g/mol. The summed E-state index contributed by atoms with van der Waals surface area (Å²) in [6.45, 7) is 0.630. The van der Waals surface area contributed by atoms with Crippen LogP contribution in [-0.4, -0.2) is 11.8 Å². The Labute approximate surface area is 117 Å². The van der Waals surface area contributed by atoms with Crippen molar-refractivity contribution in [2.24, 2.45) is 5.92 Å². The summed E-state index contributed by atoms with van der Waals surface area (Å²) in [5.74, 6) is 0.986. The quantitative estimate of drug-likeness (QED) is 0.932. The third kappa shape index (κ3) is 2.73. The van der Waals surface area contributed by atoms with Crippen molar-refractivity contribution in [1.82, 2.24) is 5.16 Å². The van der Waals surface area contributed by atoms with Crippen LogP contribution in [0.15, 0.2) is 27.2 Å². The predicted octanol–water partition coefficient (Wildman–Crippen LogP) is 3.61. The van der Waals surface area contributed by atoms with Gasteiger partial charge in [-0.15, -0.1) is 0 Å². The fourth-order valence-corrected chi connectivity index (χ4v) is 2.35. The predicted molar refractivity (Wildman–Crippen MR) is 72.2 cm³/mol.